The second kappa shape index (κ2) is 24.7. The quantitative estimate of drug-likeness (QED) is 0.0842. The van der Waals surface area contributed by atoms with Gasteiger partial charge in [-0.15, -0.1) is 0 Å². The molecule has 8 aromatic carbocycles. The van der Waals surface area contributed by atoms with Crippen molar-refractivity contribution in [3.8, 4) is 56.6 Å². The van der Waals surface area contributed by atoms with E-state index in [4.69, 9.17) is 14.2 Å². The molecule has 0 aliphatic rings. The number of phenolic OH excluding ortho intramolecular Hbond substituents is 2. The molecule has 6 nitrogen and oxygen atoms in total. The van der Waals surface area contributed by atoms with Gasteiger partial charge >= 0.3 is 0 Å². The maximum absolute atomic E-state index is 16.6. The average molecular weight is 1310 g/mol. The SMILES string of the molecule is [CH2-][O+](c1c(C)cc(F)cc1-c1cc(C(C)(C)CC(C)(C)C)cc(-n2c3cc(C(C)(C)C)ccc3c3ccc(C(C)(C)C)cc32)c1O)C(C)CC(C)[O+]([CH2-])c1c(C)cc(F)cc1-c1cc(C(C)(C)CC(C)(C)C)cc(-n2c3cc(C(C)(C)C)ccc3c3ccc(C(C)(C)C)cc32)c1O. The fourth-order valence-electron chi connectivity index (χ4n) is 15.7. The van der Waals surface area contributed by atoms with Crippen LogP contribution >= 0.6 is 0 Å². The molecule has 0 amide bonds. The van der Waals surface area contributed by atoms with Crippen LogP contribution in [0.5, 0.6) is 23.0 Å². The summed E-state index contributed by atoms with van der Waals surface area (Å²) in [5.41, 5.74) is 13.4. The summed E-state index contributed by atoms with van der Waals surface area (Å²) in [5.74, 6) is 0.368. The van der Waals surface area contributed by atoms with Crippen LogP contribution in [0, 0.1) is 50.5 Å². The lowest BCUT2D eigenvalue weighted by Crippen LogP contribution is -2.26. The summed E-state index contributed by atoms with van der Waals surface area (Å²) < 4.78 is 44.1. The van der Waals surface area contributed by atoms with Gasteiger partial charge in [0.2, 0.25) is 11.5 Å². The largest absolute Gasteiger partial charge is 0.709 e. The van der Waals surface area contributed by atoms with Gasteiger partial charge in [-0.25, -0.2) is 8.78 Å². The van der Waals surface area contributed by atoms with Gasteiger partial charge in [-0.3, -0.25) is 0 Å². The Morgan fingerprint density at radius 3 is 0.887 bits per heavy atom. The molecule has 0 fully saturated rings. The lowest BCUT2D eigenvalue weighted by atomic mass is 9.71. The first-order valence-electron chi connectivity index (χ1n) is 35.1. The lowest BCUT2D eigenvalue weighted by Gasteiger charge is -2.41. The first-order chi connectivity index (χ1) is 44.5. The first-order valence-corrected chi connectivity index (χ1v) is 35.1. The van der Waals surface area contributed by atoms with E-state index in [1.54, 1.807) is 0 Å². The number of nitrogens with zero attached hydrogens (tertiary/aromatic N) is 2. The Balaban J connectivity index is 1.13. The zero-order valence-electron chi connectivity index (χ0n) is 63.6. The zero-order valence-corrected chi connectivity index (χ0v) is 63.6. The Morgan fingerprint density at radius 1 is 0.371 bits per heavy atom. The molecule has 2 unspecified atom stereocenters. The number of aryl methyl sites for hydroxylation is 2. The van der Waals surface area contributed by atoms with Crippen LogP contribution < -0.4 is 0 Å². The highest BCUT2D eigenvalue weighted by Gasteiger charge is 2.37. The molecule has 97 heavy (non-hydrogen) atoms. The average Bonchev–Trinajstić information content (AvgIpc) is 1.65. The van der Waals surface area contributed by atoms with E-state index in [0.717, 1.165) is 67.6 Å². The van der Waals surface area contributed by atoms with Crippen molar-refractivity contribution in [2.24, 2.45) is 10.8 Å². The van der Waals surface area contributed by atoms with Gasteiger partial charge in [-0.05, 0) is 190 Å². The predicted molar refractivity (Wildman–Crippen MR) is 409 cm³/mol. The van der Waals surface area contributed by atoms with Gasteiger partial charge in [0.15, 0.2) is 12.2 Å². The Labute approximate surface area is 580 Å². The molecule has 10 rings (SSSR count). The third-order valence-electron chi connectivity index (χ3n) is 20.4. The second-order valence-electron chi connectivity index (χ2n) is 36.5. The Morgan fingerprint density at radius 2 is 0.639 bits per heavy atom. The maximum atomic E-state index is 16.6. The van der Waals surface area contributed by atoms with Crippen molar-refractivity contribution in [3.63, 3.8) is 0 Å². The van der Waals surface area contributed by atoms with E-state index in [1.165, 1.54) is 46.5 Å². The van der Waals surface area contributed by atoms with Gasteiger partial charge in [0.05, 0.1) is 44.6 Å². The summed E-state index contributed by atoms with van der Waals surface area (Å²) in [6, 6.07) is 41.4. The Kier molecular flexibility index (Phi) is 18.4. The van der Waals surface area contributed by atoms with Gasteiger partial charge in [-0.1, -0.05) is 201 Å². The van der Waals surface area contributed by atoms with E-state index >= 15 is 8.78 Å². The fourth-order valence-corrected chi connectivity index (χ4v) is 15.7. The van der Waals surface area contributed by atoms with Crippen LogP contribution in [-0.2, 0) is 41.2 Å². The fraction of sp³-hybridized carbons (Fsp3) is 0.438. The Hall–Kier alpha value is -7.58. The van der Waals surface area contributed by atoms with E-state index in [-0.39, 0.29) is 44.0 Å². The van der Waals surface area contributed by atoms with E-state index < -0.39 is 34.7 Å². The molecule has 0 radical (unpaired) electrons. The van der Waals surface area contributed by atoms with Gasteiger partial charge in [-0.2, -0.15) is 0 Å². The summed E-state index contributed by atoms with van der Waals surface area (Å²) in [7, 11) is 9.45. The molecule has 0 saturated carbocycles. The number of halogens is 2. The number of fused-ring (bicyclic) bond motifs is 6. The molecule has 0 bridgehead atoms. The summed E-state index contributed by atoms with van der Waals surface area (Å²) in [6.45, 7) is 57.2. The maximum Gasteiger partial charge on any atom is 0.238 e. The minimum absolute atomic E-state index is 0.0243. The molecule has 8 heteroatoms. The minimum atomic E-state index is -0.438. The standard InChI is InChI=1S/C89H112F2N2O4/c1-52-37-62(90)48-70(68-40-60(88(23,24)50-82(5,6)7)46-76(78(68)94)92-72-42-56(84(11,12)13)29-33-64(72)65-34-30-57(43-73(65)92)85(14,15)16)80(52)96(27)54(3)39-55(4)97(28)81-53(2)38-63(91)49-71(81)69-41-61(89(25,26)51-83(8,9)10)47-77(79(69)95)93-74-44-58(86(17,18)19)31-35-66(74)67-36-32-59(45-75(67)93)87(20,21)22/h29-38,40-49,54-55,94-95H,27-28,39,50-51H2,1-26H3. The summed E-state index contributed by atoms with van der Waals surface area (Å²) >= 11 is 0. The van der Waals surface area contributed by atoms with Crippen molar-refractivity contribution in [3.05, 3.63) is 192 Å². The molecule has 2 N–H and O–H groups in total. The molecule has 516 valence electrons. The highest BCUT2D eigenvalue weighted by Crippen LogP contribution is 2.54. The molecule has 0 spiro atoms. The molecule has 0 saturated heterocycles. The molecular formula is C89H112F2N2O4. The highest BCUT2D eigenvalue weighted by atomic mass is 19.1. The number of benzene rings is 8. The number of aromatic nitrogens is 2. The van der Waals surface area contributed by atoms with Crippen LogP contribution in [0.4, 0.5) is 8.78 Å². The number of rotatable bonds is 14. The van der Waals surface area contributed by atoms with Gasteiger partial charge in [0.25, 0.3) is 0 Å². The van der Waals surface area contributed by atoms with E-state index in [0.29, 0.717) is 62.7 Å². The summed E-state index contributed by atoms with van der Waals surface area (Å²) in [4.78, 5) is 0. The molecule has 0 aliphatic heterocycles. The highest BCUT2D eigenvalue weighted by molar-refractivity contribution is 6.11. The van der Waals surface area contributed by atoms with Crippen molar-refractivity contribution >= 4 is 43.6 Å². The van der Waals surface area contributed by atoms with Crippen LogP contribution in [0.25, 0.3) is 77.2 Å². The zero-order chi connectivity index (χ0) is 71.9. The monoisotopic (exact) mass is 1310 g/mol. The topological polar surface area (TPSA) is 55.7 Å². The predicted octanol–water partition coefficient (Wildman–Crippen LogP) is 26.1. The Bertz CT molecular complexity index is 4260. The smallest absolute Gasteiger partial charge is 0.238 e. The number of aromatic hydroxyl groups is 2. The molecular weight excluding hydrogens is 1200 g/mol. The van der Waals surface area contributed by atoms with Gasteiger partial charge in [0.1, 0.15) is 29.6 Å². The van der Waals surface area contributed by atoms with Crippen LogP contribution in [0.1, 0.15) is 230 Å². The second-order valence-corrected chi connectivity index (χ2v) is 36.5. The van der Waals surface area contributed by atoms with Crippen LogP contribution in [0.2, 0.25) is 0 Å². The lowest BCUT2D eigenvalue weighted by molar-refractivity contribution is -0.0945. The molecule has 2 heterocycles. The molecule has 2 aromatic heterocycles. The van der Waals surface area contributed by atoms with Crippen LogP contribution in [0.15, 0.2) is 121 Å². The molecule has 10 aromatic rings. The van der Waals surface area contributed by atoms with Crippen LogP contribution in [-0.4, -0.2) is 31.6 Å². The number of hydrogen-bond donors (Lipinski definition) is 2. The minimum Gasteiger partial charge on any atom is -0.709 e. The first kappa shape index (κ1) is 72.2. The summed E-state index contributed by atoms with van der Waals surface area (Å²) in [6.07, 6.45) is 1.28. The third-order valence-corrected chi connectivity index (χ3v) is 20.4. The van der Waals surface area contributed by atoms with Crippen molar-refractivity contribution < 1.29 is 27.7 Å². The molecule has 0 aliphatic carbocycles. The summed E-state index contributed by atoms with van der Waals surface area (Å²) in [5, 5.41) is 31.2. The van der Waals surface area contributed by atoms with Crippen LogP contribution in [0.3, 0.4) is 0 Å². The molecule has 2 atom stereocenters. The van der Waals surface area contributed by atoms with Gasteiger partial charge < -0.3 is 28.1 Å². The number of hydrogen-bond acceptors (Lipinski definition) is 2. The number of phenols is 2. The van der Waals surface area contributed by atoms with E-state index in [9.17, 15) is 10.2 Å². The normalized spacial score (nSPS) is 14.0. The van der Waals surface area contributed by atoms with Crippen molar-refractivity contribution in [1.29, 1.82) is 0 Å². The van der Waals surface area contributed by atoms with Crippen molar-refractivity contribution in [2.75, 3.05) is 0 Å². The van der Waals surface area contributed by atoms with E-state index in [1.807, 2.05) is 13.8 Å². The third kappa shape index (κ3) is 14.1. The van der Waals surface area contributed by atoms with Crippen molar-refractivity contribution in [2.45, 2.75) is 244 Å². The van der Waals surface area contributed by atoms with E-state index in [2.05, 4.69) is 281 Å². The van der Waals surface area contributed by atoms with Crippen molar-refractivity contribution in [1.82, 2.24) is 9.13 Å². The van der Waals surface area contributed by atoms with Gasteiger partial charge in [0, 0.05) is 57.6 Å².